The minimum atomic E-state index is -3.85. The number of hydrogen-bond acceptors (Lipinski definition) is 3. The highest BCUT2D eigenvalue weighted by Gasteiger charge is 1.99. The highest BCUT2D eigenvalue weighted by Crippen LogP contribution is 1.90. The van der Waals surface area contributed by atoms with Crippen LogP contribution in [0.3, 0.4) is 0 Å². The Kier molecular flexibility index (Phi) is 4.92. The van der Waals surface area contributed by atoms with E-state index in [0.717, 1.165) is 13.1 Å². The number of rotatable bonds is 5. The zero-order valence-electron chi connectivity index (χ0n) is 7.40. The Balaban J connectivity index is 3.90. The molecule has 0 fully saturated rings. The lowest BCUT2D eigenvalue weighted by Gasteiger charge is -2.14. The standard InChI is InChI=1S/C7H15NO3S/c1-3-8(4-2)6-5-7-12(9,10)11/h5-6H,3-4,7H2,1-2H3,(H,9,10,11). The van der Waals surface area contributed by atoms with Gasteiger partial charge < -0.3 is 4.90 Å². The van der Waals surface area contributed by atoms with Crippen molar-refractivity contribution in [2.24, 2.45) is 0 Å². The van der Waals surface area contributed by atoms with Crippen LogP contribution >= 0.6 is 0 Å². The third-order valence-corrected chi connectivity index (χ3v) is 2.05. The van der Waals surface area contributed by atoms with Gasteiger partial charge in [0.25, 0.3) is 10.1 Å². The fraction of sp³-hybridized carbons (Fsp3) is 0.714. The van der Waals surface area contributed by atoms with E-state index in [1.807, 2.05) is 18.7 Å². The van der Waals surface area contributed by atoms with Gasteiger partial charge in [0.2, 0.25) is 0 Å². The van der Waals surface area contributed by atoms with Gasteiger partial charge in [0.05, 0.1) is 5.75 Å². The van der Waals surface area contributed by atoms with E-state index in [1.54, 1.807) is 6.20 Å². The Morgan fingerprint density at radius 2 is 1.83 bits per heavy atom. The van der Waals surface area contributed by atoms with Crippen molar-refractivity contribution in [3.8, 4) is 0 Å². The second-order valence-corrected chi connectivity index (χ2v) is 3.85. The lowest BCUT2D eigenvalue weighted by atomic mass is 10.5. The Morgan fingerprint density at radius 3 is 2.17 bits per heavy atom. The van der Waals surface area contributed by atoms with Crippen LogP contribution in [0.5, 0.6) is 0 Å². The lowest BCUT2D eigenvalue weighted by Crippen LogP contribution is -2.15. The molecule has 0 aliphatic rings. The Bertz CT molecular complexity index is 229. The summed E-state index contributed by atoms with van der Waals surface area (Å²) >= 11 is 0. The van der Waals surface area contributed by atoms with Crippen LogP contribution < -0.4 is 0 Å². The average molecular weight is 193 g/mol. The molecule has 0 aromatic heterocycles. The van der Waals surface area contributed by atoms with Crippen molar-refractivity contribution < 1.29 is 13.0 Å². The van der Waals surface area contributed by atoms with Crippen molar-refractivity contribution in [2.45, 2.75) is 13.8 Å². The molecule has 1 N–H and O–H groups in total. The van der Waals surface area contributed by atoms with Gasteiger partial charge in [-0.25, -0.2) is 0 Å². The van der Waals surface area contributed by atoms with E-state index in [1.165, 1.54) is 6.08 Å². The van der Waals surface area contributed by atoms with E-state index in [9.17, 15) is 8.42 Å². The van der Waals surface area contributed by atoms with E-state index in [-0.39, 0.29) is 5.75 Å². The molecule has 0 spiro atoms. The summed E-state index contributed by atoms with van der Waals surface area (Å²) in [6, 6.07) is 0. The predicted molar refractivity (Wildman–Crippen MR) is 48.5 cm³/mol. The van der Waals surface area contributed by atoms with Crippen LogP contribution in [0, 0.1) is 0 Å². The van der Waals surface area contributed by atoms with Crippen LogP contribution in [0.2, 0.25) is 0 Å². The van der Waals surface area contributed by atoms with Gasteiger partial charge in [-0.2, -0.15) is 8.42 Å². The summed E-state index contributed by atoms with van der Waals surface area (Å²) in [4.78, 5) is 1.94. The van der Waals surface area contributed by atoms with Crippen molar-refractivity contribution in [2.75, 3.05) is 18.8 Å². The fourth-order valence-corrected chi connectivity index (χ4v) is 1.08. The summed E-state index contributed by atoms with van der Waals surface area (Å²) in [5.74, 6) is -0.316. The van der Waals surface area contributed by atoms with Gasteiger partial charge in [-0.3, -0.25) is 4.55 Å². The van der Waals surface area contributed by atoms with E-state index in [4.69, 9.17) is 4.55 Å². The number of hydrogen-bond donors (Lipinski definition) is 1. The van der Waals surface area contributed by atoms with Crippen LogP contribution in [-0.2, 0) is 10.1 Å². The van der Waals surface area contributed by atoms with Crippen molar-refractivity contribution in [1.82, 2.24) is 4.90 Å². The Hall–Kier alpha value is -0.550. The second kappa shape index (κ2) is 5.16. The molecule has 0 aliphatic heterocycles. The molecular weight excluding hydrogens is 178 g/mol. The maximum atomic E-state index is 10.3. The molecule has 0 unspecified atom stereocenters. The smallest absolute Gasteiger partial charge is 0.268 e. The molecular formula is C7H15NO3S. The molecule has 0 atom stereocenters. The molecule has 0 amide bonds. The molecule has 0 aliphatic carbocycles. The highest BCUT2D eigenvalue weighted by molar-refractivity contribution is 7.85. The molecule has 12 heavy (non-hydrogen) atoms. The zero-order valence-corrected chi connectivity index (χ0v) is 8.21. The molecule has 0 aromatic rings. The van der Waals surface area contributed by atoms with Crippen molar-refractivity contribution >= 4 is 10.1 Å². The molecule has 0 saturated carbocycles. The molecule has 0 rings (SSSR count). The summed E-state index contributed by atoms with van der Waals surface area (Å²) in [6.07, 6.45) is 3.11. The maximum absolute atomic E-state index is 10.3. The number of nitrogens with zero attached hydrogens (tertiary/aromatic N) is 1. The summed E-state index contributed by atoms with van der Waals surface area (Å²) in [5.41, 5.74) is 0. The van der Waals surface area contributed by atoms with Gasteiger partial charge in [0, 0.05) is 13.1 Å². The Morgan fingerprint density at radius 1 is 1.33 bits per heavy atom. The molecule has 0 radical (unpaired) electrons. The molecule has 0 heterocycles. The first-order valence-electron chi connectivity index (χ1n) is 3.85. The van der Waals surface area contributed by atoms with Crippen molar-refractivity contribution in [3.63, 3.8) is 0 Å². The topological polar surface area (TPSA) is 57.6 Å². The van der Waals surface area contributed by atoms with Crippen LogP contribution in [0.25, 0.3) is 0 Å². The molecule has 0 bridgehead atoms. The van der Waals surface area contributed by atoms with E-state index >= 15 is 0 Å². The van der Waals surface area contributed by atoms with Gasteiger partial charge in [-0.15, -0.1) is 0 Å². The van der Waals surface area contributed by atoms with Crippen LogP contribution in [0.1, 0.15) is 13.8 Å². The molecule has 0 saturated heterocycles. The largest absolute Gasteiger partial charge is 0.378 e. The summed E-state index contributed by atoms with van der Waals surface area (Å²) in [5, 5.41) is 0. The monoisotopic (exact) mass is 193 g/mol. The van der Waals surface area contributed by atoms with Crippen LogP contribution in [0.4, 0.5) is 0 Å². The van der Waals surface area contributed by atoms with Gasteiger partial charge in [-0.05, 0) is 20.0 Å². The summed E-state index contributed by atoms with van der Waals surface area (Å²) in [7, 11) is -3.85. The van der Waals surface area contributed by atoms with Gasteiger partial charge in [-0.1, -0.05) is 6.08 Å². The second-order valence-electron chi connectivity index (χ2n) is 2.35. The third-order valence-electron chi connectivity index (χ3n) is 1.44. The zero-order chi connectivity index (χ0) is 9.61. The van der Waals surface area contributed by atoms with Crippen LogP contribution in [0.15, 0.2) is 12.3 Å². The van der Waals surface area contributed by atoms with Gasteiger partial charge in [0.15, 0.2) is 0 Å². The SMILES string of the molecule is CCN(C=CCS(=O)(=O)O)CC. The minimum absolute atomic E-state index is 0.316. The lowest BCUT2D eigenvalue weighted by molar-refractivity contribution is 0.418. The Labute approximate surface area is 73.6 Å². The summed E-state index contributed by atoms with van der Waals surface area (Å²) in [6.45, 7) is 5.61. The van der Waals surface area contributed by atoms with E-state index in [2.05, 4.69) is 0 Å². The van der Waals surface area contributed by atoms with Crippen LogP contribution in [-0.4, -0.2) is 36.7 Å². The quantitative estimate of drug-likeness (QED) is 0.654. The normalized spacial score (nSPS) is 12.2. The van der Waals surface area contributed by atoms with Gasteiger partial charge in [0.1, 0.15) is 0 Å². The van der Waals surface area contributed by atoms with Gasteiger partial charge >= 0.3 is 0 Å². The molecule has 4 nitrogen and oxygen atoms in total. The van der Waals surface area contributed by atoms with Crippen molar-refractivity contribution in [3.05, 3.63) is 12.3 Å². The highest BCUT2D eigenvalue weighted by atomic mass is 32.2. The predicted octanol–water partition coefficient (Wildman–Crippen LogP) is 0.730. The molecule has 5 heteroatoms. The van der Waals surface area contributed by atoms with Crippen molar-refractivity contribution in [1.29, 1.82) is 0 Å². The third kappa shape index (κ3) is 6.18. The fourth-order valence-electron chi connectivity index (χ4n) is 0.748. The summed E-state index contributed by atoms with van der Waals surface area (Å²) < 4.78 is 28.9. The maximum Gasteiger partial charge on any atom is 0.268 e. The first kappa shape index (κ1) is 11.4. The average Bonchev–Trinajstić information content (AvgIpc) is 1.96. The molecule has 0 aromatic carbocycles. The van der Waals surface area contributed by atoms with E-state index in [0.29, 0.717) is 0 Å². The van der Waals surface area contributed by atoms with E-state index < -0.39 is 10.1 Å². The molecule has 72 valence electrons. The minimum Gasteiger partial charge on any atom is -0.378 e. The first-order valence-corrected chi connectivity index (χ1v) is 5.46. The first-order chi connectivity index (χ1) is 5.49.